The molecule has 0 aliphatic carbocycles. The van der Waals surface area contributed by atoms with Gasteiger partial charge in [0.25, 0.3) is 0 Å². The number of hydrogen-bond donors (Lipinski definition) is 0. The molecule has 2 nitrogen and oxygen atoms in total. The summed E-state index contributed by atoms with van der Waals surface area (Å²) in [5, 5.41) is 0. The second-order valence-corrected chi connectivity index (χ2v) is 2.34. The van der Waals surface area contributed by atoms with Crippen LogP contribution >= 0.6 is 0 Å². The van der Waals surface area contributed by atoms with Gasteiger partial charge in [0.1, 0.15) is 6.73 Å². The zero-order valence-corrected chi connectivity index (χ0v) is 7.18. The van der Waals surface area contributed by atoms with Gasteiger partial charge in [0.15, 0.2) is 7.31 Å². The highest BCUT2D eigenvalue weighted by Crippen LogP contribution is 1.97. The molecule has 0 saturated heterocycles. The second-order valence-electron chi connectivity index (χ2n) is 2.34. The molecule has 56 valence electrons. The fraction of sp³-hybridized carbons (Fsp3) is 0.667. The minimum atomic E-state index is 0.656. The van der Waals surface area contributed by atoms with Crippen molar-refractivity contribution in [2.45, 2.75) is 13.3 Å². The molecule has 0 aliphatic rings. The van der Waals surface area contributed by atoms with E-state index < -0.39 is 0 Å². The maximum Gasteiger partial charge on any atom is 0.165 e. The molecule has 0 aliphatic heterocycles. The average Bonchev–Trinajstić information content (AvgIpc) is 1.99. The maximum atomic E-state index is 5.28. The van der Waals surface area contributed by atoms with Crippen LogP contribution in [-0.2, 0) is 4.74 Å². The van der Waals surface area contributed by atoms with Crippen molar-refractivity contribution in [2.24, 2.45) is 0 Å². The number of nitrogens with zero attached hydrogens (tertiary/aromatic N) is 1. The Morgan fingerprint density at radius 2 is 2.40 bits per heavy atom. The van der Waals surface area contributed by atoms with Crippen molar-refractivity contribution in [3.63, 3.8) is 0 Å². The minimum absolute atomic E-state index is 0.656. The van der Waals surface area contributed by atoms with Crippen LogP contribution in [-0.4, -0.2) is 33.6 Å². The molecule has 0 aromatic heterocycles. The number of rotatable bonds is 5. The van der Waals surface area contributed by atoms with Crippen molar-refractivity contribution in [3.05, 3.63) is 12.3 Å². The summed E-state index contributed by atoms with van der Waals surface area (Å²) < 4.78 is 5.28. The van der Waals surface area contributed by atoms with Crippen molar-refractivity contribution >= 4 is 15.0 Å². The molecule has 0 amide bonds. The van der Waals surface area contributed by atoms with Gasteiger partial charge in [-0.05, 0) is 7.05 Å². The third-order valence-corrected chi connectivity index (χ3v) is 1.42. The molecule has 0 atom stereocenters. The van der Waals surface area contributed by atoms with Crippen LogP contribution in [0.4, 0.5) is 0 Å². The van der Waals surface area contributed by atoms with E-state index in [1.165, 1.54) is 0 Å². The first-order valence-corrected chi connectivity index (χ1v) is 3.69. The van der Waals surface area contributed by atoms with Crippen molar-refractivity contribution in [2.75, 3.05) is 13.8 Å². The van der Waals surface area contributed by atoms with Crippen LogP contribution in [0.25, 0.3) is 0 Å². The highest BCUT2D eigenvalue weighted by Gasteiger charge is 1.95. The van der Waals surface area contributed by atoms with Gasteiger partial charge in [0.05, 0.1) is 13.5 Å². The SMILES string of the molecule is BBN(C)COC(=C)CC. The second kappa shape index (κ2) is 5.42. The molecule has 0 rings (SSSR count). The first kappa shape index (κ1) is 9.63. The first-order chi connectivity index (χ1) is 4.70. The fourth-order valence-corrected chi connectivity index (χ4v) is 0.395. The van der Waals surface area contributed by atoms with Gasteiger partial charge in [-0.15, -0.1) is 0 Å². The van der Waals surface area contributed by atoms with Gasteiger partial charge in [-0.2, -0.15) is 0 Å². The Morgan fingerprint density at radius 1 is 1.80 bits per heavy atom. The molecule has 0 bridgehead atoms. The van der Waals surface area contributed by atoms with Gasteiger partial charge >= 0.3 is 0 Å². The highest BCUT2D eigenvalue weighted by molar-refractivity contribution is 6.87. The third kappa shape index (κ3) is 4.50. The number of allylic oxidation sites excluding steroid dienone is 1. The minimum Gasteiger partial charge on any atom is -0.484 e. The van der Waals surface area contributed by atoms with Crippen LogP contribution in [0.15, 0.2) is 12.3 Å². The summed E-state index contributed by atoms with van der Waals surface area (Å²) in [4.78, 5) is 2.08. The molecular weight excluding hydrogens is 124 g/mol. The molecule has 0 saturated carbocycles. The molecular formula is C6H15B2NO. The Bertz CT molecular complexity index is 108. The summed E-state index contributed by atoms with van der Waals surface area (Å²) in [5.74, 6) is 0.861. The van der Waals surface area contributed by atoms with E-state index in [1.807, 2.05) is 14.0 Å². The average molecular weight is 139 g/mol. The summed E-state index contributed by atoms with van der Waals surface area (Å²) in [6, 6.07) is 0. The van der Waals surface area contributed by atoms with Crippen LogP contribution in [0.5, 0.6) is 0 Å². The zero-order valence-electron chi connectivity index (χ0n) is 7.18. The molecule has 0 unspecified atom stereocenters. The Kier molecular flexibility index (Phi) is 5.22. The number of ether oxygens (including phenoxy) is 1. The molecule has 0 fully saturated rings. The van der Waals surface area contributed by atoms with Gasteiger partial charge in [-0.1, -0.05) is 13.5 Å². The fourth-order valence-electron chi connectivity index (χ4n) is 0.395. The molecule has 4 heteroatoms. The van der Waals surface area contributed by atoms with Gasteiger partial charge in [-0.3, -0.25) is 0 Å². The monoisotopic (exact) mass is 139 g/mol. The predicted octanol–water partition coefficient (Wildman–Crippen LogP) is -0.284. The van der Waals surface area contributed by atoms with Crippen molar-refractivity contribution in [1.82, 2.24) is 4.81 Å². The number of hydrogen-bond acceptors (Lipinski definition) is 2. The van der Waals surface area contributed by atoms with Crippen molar-refractivity contribution in [3.8, 4) is 0 Å². The van der Waals surface area contributed by atoms with Crippen LogP contribution in [0.1, 0.15) is 13.3 Å². The zero-order chi connectivity index (χ0) is 7.98. The highest BCUT2D eigenvalue weighted by atomic mass is 16.5. The quantitative estimate of drug-likeness (QED) is 0.295. The summed E-state index contributed by atoms with van der Waals surface area (Å²) in [6.07, 6.45) is 0.900. The van der Waals surface area contributed by atoms with Gasteiger partial charge in [0.2, 0.25) is 0 Å². The van der Waals surface area contributed by atoms with Gasteiger partial charge < -0.3 is 9.55 Å². The smallest absolute Gasteiger partial charge is 0.165 e. The van der Waals surface area contributed by atoms with Gasteiger partial charge in [-0.25, -0.2) is 0 Å². The predicted molar refractivity (Wildman–Crippen MR) is 48.8 cm³/mol. The summed E-state index contributed by atoms with van der Waals surface area (Å²) in [7, 11) is 5.12. The van der Waals surface area contributed by atoms with Crippen LogP contribution in [0.3, 0.4) is 0 Å². The van der Waals surface area contributed by atoms with Crippen LogP contribution in [0, 0.1) is 0 Å². The van der Waals surface area contributed by atoms with Gasteiger partial charge in [0, 0.05) is 6.42 Å². The van der Waals surface area contributed by atoms with E-state index in [0.29, 0.717) is 6.73 Å². The summed E-state index contributed by atoms with van der Waals surface area (Å²) >= 11 is 0. The molecule has 0 N–H and O–H groups in total. The van der Waals surface area contributed by atoms with E-state index >= 15 is 0 Å². The van der Waals surface area contributed by atoms with E-state index in [0.717, 1.165) is 19.5 Å². The van der Waals surface area contributed by atoms with E-state index in [2.05, 4.69) is 19.1 Å². The molecule has 0 aromatic carbocycles. The van der Waals surface area contributed by atoms with Crippen molar-refractivity contribution < 1.29 is 4.74 Å². The van der Waals surface area contributed by atoms with E-state index in [-0.39, 0.29) is 0 Å². The molecule has 10 heavy (non-hydrogen) atoms. The third-order valence-electron chi connectivity index (χ3n) is 1.42. The standard InChI is InChI=1S/C6H15B2NO/c1-4-6(2)10-5-9(3)8-7/h8H,2,4-5,7H2,1,3H3. The lowest BCUT2D eigenvalue weighted by molar-refractivity contribution is 0.140. The molecule has 0 spiro atoms. The lowest BCUT2D eigenvalue weighted by atomic mass is 9.66. The van der Waals surface area contributed by atoms with Crippen molar-refractivity contribution in [1.29, 1.82) is 0 Å². The summed E-state index contributed by atoms with van der Waals surface area (Å²) in [6.45, 7) is 6.42. The normalized spacial score (nSPS) is 9.50. The molecule has 0 aromatic rings. The van der Waals surface area contributed by atoms with E-state index in [1.54, 1.807) is 0 Å². The van der Waals surface area contributed by atoms with E-state index in [9.17, 15) is 0 Å². The summed E-state index contributed by atoms with van der Waals surface area (Å²) in [5.41, 5.74) is 0. The Balaban J connectivity index is 3.26. The Morgan fingerprint density at radius 3 is 2.80 bits per heavy atom. The Labute approximate surface area is 64.9 Å². The lowest BCUT2D eigenvalue weighted by Crippen LogP contribution is -2.25. The molecule has 0 radical (unpaired) electrons. The van der Waals surface area contributed by atoms with Crippen LogP contribution < -0.4 is 0 Å². The topological polar surface area (TPSA) is 12.5 Å². The van der Waals surface area contributed by atoms with Crippen LogP contribution in [0.2, 0.25) is 0 Å². The Hall–Kier alpha value is -0.370. The largest absolute Gasteiger partial charge is 0.484 e. The maximum absolute atomic E-state index is 5.28. The lowest BCUT2D eigenvalue weighted by Gasteiger charge is -2.15. The molecule has 0 heterocycles. The first-order valence-electron chi connectivity index (χ1n) is 3.69. The van der Waals surface area contributed by atoms with E-state index in [4.69, 9.17) is 4.74 Å².